The van der Waals surface area contributed by atoms with Gasteiger partial charge in [-0.15, -0.1) is 11.8 Å². The van der Waals surface area contributed by atoms with E-state index < -0.39 is 11.4 Å². The molecule has 0 fully saturated rings. The van der Waals surface area contributed by atoms with Crippen molar-refractivity contribution in [1.82, 2.24) is 0 Å². The molecule has 0 saturated heterocycles. The van der Waals surface area contributed by atoms with Crippen LogP contribution in [-0.2, 0) is 14.3 Å². The lowest BCUT2D eigenvalue weighted by Gasteiger charge is -2.16. The summed E-state index contributed by atoms with van der Waals surface area (Å²) in [5, 5.41) is 2.80. The van der Waals surface area contributed by atoms with Gasteiger partial charge in [0.1, 0.15) is 0 Å². The average Bonchev–Trinajstić information content (AvgIpc) is 2.64. The van der Waals surface area contributed by atoms with E-state index in [-0.39, 0.29) is 24.1 Å². The third-order valence-corrected chi connectivity index (χ3v) is 4.77. The maximum absolute atomic E-state index is 12.3. The summed E-state index contributed by atoms with van der Waals surface area (Å²) in [6.45, 7) is 5.06. The van der Waals surface area contributed by atoms with Crippen molar-refractivity contribution in [2.24, 2.45) is 5.41 Å². The van der Waals surface area contributed by atoms with E-state index >= 15 is 0 Å². The van der Waals surface area contributed by atoms with Crippen molar-refractivity contribution in [1.29, 1.82) is 0 Å². The number of carbonyl (C=O) groups is 3. The molecule has 2 aromatic rings. The first-order valence-corrected chi connectivity index (χ1v) is 9.53. The Hall–Kier alpha value is -2.60. The number of esters is 1. The van der Waals surface area contributed by atoms with Crippen LogP contribution < -0.4 is 5.32 Å². The van der Waals surface area contributed by atoms with Crippen molar-refractivity contribution in [2.45, 2.75) is 25.7 Å². The molecule has 1 N–H and O–H groups in total. The molecule has 0 heterocycles. The normalized spacial score (nSPS) is 10.9. The van der Waals surface area contributed by atoms with Crippen LogP contribution in [0, 0.1) is 5.41 Å². The fraction of sp³-hybridized carbons (Fsp3) is 0.286. The van der Waals surface area contributed by atoms with E-state index in [2.05, 4.69) is 5.32 Å². The van der Waals surface area contributed by atoms with Gasteiger partial charge in [-0.25, -0.2) is 4.79 Å². The molecule has 0 saturated carbocycles. The molecular weight excluding hydrogens is 362 g/mol. The molecule has 2 rings (SSSR count). The summed E-state index contributed by atoms with van der Waals surface area (Å²) in [5.74, 6) is -0.736. The molecule has 0 aliphatic heterocycles. The lowest BCUT2D eigenvalue weighted by Crippen LogP contribution is -2.26. The molecule has 0 unspecified atom stereocenters. The van der Waals surface area contributed by atoms with Gasteiger partial charge >= 0.3 is 5.97 Å². The second-order valence-corrected chi connectivity index (χ2v) is 7.97. The minimum Gasteiger partial charge on any atom is -0.454 e. The molecule has 0 radical (unpaired) electrons. The van der Waals surface area contributed by atoms with Gasteiger partial charge in [0.2, 0.25) is 5.91 Å². The number of ketones is 1. The Balaban J connectivity index is 1.95. The summed E-state index contributed by atoms with van der Waals surface area (Å²) in [6.07, 6.45) is 0. The fourth-order valence-electron chi connectivity index (χ4n) is 2.05. The lowest BCUT2D eigenvalue weighted by atomic mass is 9.91. The van der Waals surface area contributed by atoms with Crippen molar-refractivity contribution < 1.29 is 19.1 Å². The number of anilines is 1. The molecular formula is C21H23NO4S. The van der Waals surface area contributed by atoms with Crippen LogP contribution in [0.1, 0.15) is 31.1 Å². The summed E-state index contributed by atoms with van der Waals surface area (Å²) in [7, 11) is 0. The van der Waals surface area contributed by atoms with E-state index in [4.69, 9.17) is 4.74 Å². The van der Waals surface area contributed by atoms with Crippen molar-refractivity contribution in [2.75, 3.05) is 17.7 Å². The van der Waals surface area contributed by atoms with Gasteiger partial charge < -0.3 is 10.1 Å². The SMILES string of the molecule is CC(C)(C)C(=O)COC(=O)c1ccccc1SCC(=O)Nc1ccccc1. The molecule has 0 aliphatic rings. The van der Waals surface area contributed by atoms with Gasteiger partial charge in [0.25, 0.3) is 0 Å². The highest BCUT2D eigenvalue weighted by Crippen LogP contribution is 2.24. The number of rotatable bonds is 7. The van der Waals surface area contributed by atoms with Gasteiger partial charge in [0, 0.05) is 16.0 Å². The Morgan fingerprint density at radius 1 is 0.963 bits per heavy atom. The predicted octanol–water partition coefficient (Wildman–Crippen LogP) is 4.19. The van der Waals surface area contributed by atoms with Crippen LogP contribution in [0.15, 0.2) is 59.5 Å². The zero-order valence-electron chi connectivity index (χ0n) is 15.7. The summed E-state index contributed by atoms with van der Waals surface area (Å²) in [4.78, 5) is 37.0. The molecule has 6 heteroatoms. The number of carbonyl (C=O) groups excluding carboxylic acids is 3. The molecule has 5 nitrogen and oxygen atoms in total. The Bertz CT molecular complexity index is 812. The van der Waals surface area contributed by atoms with Crippen molar-refractivity contribution in [3.63, 3.8) is 0 Å². The molecule has 1 amide bonds. The minimum absolute atomic E-state index is 0.150. The second kappa shape index (κ2) is 9.37. The van der Waals surface area contributed by atoms with Crippen LogP contribution in [-0.4, -0.2) is 30.0 Å². The Morgan fingerprint density at radius 2 is 1.59 bits per heavy atom. The highest BCUT2D eigenvalue weighted by atomic mass is 32.2. The quantitative estimate of drug-likeness (QED) is 0.571. The van der Waals surface area contributed by atoms with Crippen molar-refractivity contribution >= 4 is 35.1 Å². The summed E-state index contributed by atoms with van der Waals surface area (Å²) in [6, 6.07) is 16.0. The maximum atomic E-state index is 12.3. The average molecular weight is 385 g/mol. The van der Waals surface area contributed by atoms with E-state index in [0.29, 0.717) is 10.5 Å². The van der Waals surface area contributed by atoms with Gasteiger partial charge in [0.05, 0.1) is 11.3 Å². The van der Waals surface area contributed by atoms with Gasteiger partial charge in [-0.1, -0.05) is 51.1 Å². The largest absolute Gasteiger partial charge is 0.454 e. The number of benzene rings is 2. The van der Waals surface area contributed by atoms with E-state index in [1.165, 1.54) is 11.8 Å². The lowest BCUT2D eigenvalue weighted by molar-refractivity contribution is -0.129. The number of nitrogens with one attached hydrogen (secondary N) is 1. The Kier molecular flexibility index (Phi) is 7.19. The molecule has 0 bridgehead atoms. The third-order valence-electron chi connectivity index (χ3n) is 3.69. The smallest absolute Gasteiger partial charge is 0.339 e. The van der Waals surface area contributed by atoms with Crippen LogP contribution in [0.2, 0.25) is 0 Å². The van der Waals surface area contributed by atoms with Gasteiger partial charge in [0.15, 0.2) is 12.4 Å². The molecule has 2 aromatic carbocycles. The van der Waals surface area contributed by atoms with Gasteiger partial charge in [-0.05, 0) is 24.3 Å². The molecule has 0 aliphatic carbocycles. The van der Waals surface area contributed by atoms with E-state index in [1.807, 2.05) is 18.2 Å². The number of ether oxygens (including phenoxy) is 1. The Morgan fingerprint density at radius 3 is 2.26 bits per heavy atom. The number of para-hydroxylation sites is 1. The first kappa shape index (κ1) is 20.7. The first-order chi connectivity index (χ1) is 12.8. The number of thioether (sulfide) groups is 1. The highest BCUT2D eigenvalue weighted by molar-refractivity contribution is 8.00. The molecule has 0 atom stereocenters. The van der Waals surface area contributed by atoms with E-state index in [9.17, 15) is 14.4 Å². The van der Waals surface area contributed by atoms with Crippen LogP contribution >= 0.6 is 11.8 Å². The van der Waals surface area contributed by atoms with Crippen LogP contribution in [0.4, 0.5) is 5.69 Å². The summed E-state index contributed by atoms with van der Waals surface area (Å²) < 4.78 is 5.16. The fourth-order valence-corrected chi connectivity index (χ4v) is 2.89. The number of hydrogen-bond donors (Lipinski definition) is 1. The zero-order valence-corrected chi connectivity index (χ0v) is 16.5. The predicted molar refractivity (Wildman–Crippen MR) is 107 cm³/mol. The minimum atomic E-state index is -0.570. The standard InChI is InChI=1S/C21H23NO4S/c1-21(2,3)18(23)13-26-20(25)16-11-7-8-12-17(16)27-14-19(24)22-15-9-5-4-6-10-15/h4-12H,13-14H2,1-3H3,(H,22,24). The monoisotopic (exact) mass is 385 g/mol. The highest BCUT2D eigenvalue weighted by Gasteiger charge is 2.23. The van der Waals surface area contributed by atoms with Crippen LogP contribution in [0.25, 0.3) is 0 Å². The van der Waals surface area contributed by atoms with Crippen LogP contribution in [0.5, 0.6) is 0 Å². The summed E-state index contributed by atoms with van der Waals surface area (Å²) >= 11 is 1.24. The van der Waals surface area contributed by atoms with Crippen molar-refractivity contribution in [3.05, 3.63) is 60.2 Å². The number of amides is 1. The maximum Gasteiger partial charge on any atom is 0.339 e. The number of hydrogen-bond acceptors (Lipinski definition) is 5. The zero-order chi connectivity index (χ0) is 19.9. The van der Waals surface area contributed by atoms with Gasteiger partial charge in [-0.3, -0.25) is 9.59 Å². The molecule has 0 aromatic heterocycles. The topological polar surface area (TPSA) is 72.5 Å². The van der Waals surface area contributed by atoms with E-state index in [0.717, 1.165) is 5.69 Å². The molecule has 0 spiro atoms. The summed E-state index contributed by atoms with van der Waals surface area (Å²) in [5.41, 5.74) is 0.498. The number of Topliss-reactive ketones (excluding diaryl/α,β-unsaturated/α-hetero) is 1. The first-order valence-electron chi connectivity index (χ1n) is 8.54. The second-order valence-electron chi connectivity index (χ2n) is 6.95. The third kappa shape index (κ3) is 6.57. The van der Waals surface area contributed by atoms with Gasteiger partial charge in [-0.2, -0.15) is 0 Å². The van der Waals surface area contributed by atoms with E-state index in [1.54, 1.807) is 57.2 Å². The molecule has 142 valence electrons. The van der Waals surface area contributed by atoms with Crippen LogP contribution in [0.3, 0.4) is 0 Å². The molecule has 27 heavy (non-hydrogen) atoms. The Labute approximate surface area is 163 Å². The van der Waals surface area contributed by atoms with Crippen molar-refractivity contribution in [3.8, 4) is 0 Å².